The topological polar surface area (TPSA) is 20.3 Å². The van der Waals surface area contributed by atoms with Gasteiger partial charge in [-0.15, -0.1) is 0 Å². The third kappa shape index (κ3) is 4.15. The highest BCUT2D eigenvalue weighted by atomic mass is 79.9. The number of alkyl halides is 3. The van der Waals surface area contributed by atoms with E-state index in [9.17, 15) is 26.7 Å². The maximum absolute atomic E-state index is 13.0. The molecule has 0 aliphatic heterocycles. The summed E-state index contributed by atoms with van der Waals surface area (Å²) >= 11 is 2.97. The molecule has 1 rings (SSSR count). The van der Waals surface area contributed by atoms with Crippen LogP contribution in [0.1, 0.15) is 10.4 Å². The third-order valence-electron chi connectivity index (χ3n) is 2.23. The molecule has 0 spiro atoms. The standard InChI is InChI=1S/C11H9BrF5NO/c12-1-2-18(5-9(15)16)11(19)6-3-7(13)10(17)8(14)4-6/h3-4,9H,1-2,5H2. The van der Waals surface area contributed by atoms with Crippen molar-refractivity contribution in [3.63, 3.8) is 0 Å². The highest BCUT2D eigenvalue weighted by Gasteiger charge is 2.22. The Hall–Kier alpha value is -1.18. The first-order chi connectivity index (χ1) is 8.86. The van der Waals surface area contributed by atoms with E-state index >= 15 is 0 Å². The number of rotatable bonds is 5. The van der Waals surface area contributed by atoms with Crippen molar-refractivity contribution < 1.29 is 26.7 Å². The molecule has 106 valence electrons. The summed E-state index contributed by atoms with van der Waals surface area (Å²) in [5, 5.41) is 0.220. The largest absolute Gasteiger partial charge is 0.332 e. The van der Waals surface area contributed by atoms with Gasteiger partial charge in [0.2, 0.25) is 0 Å². The van der Waals surface area contributed by atoms with E-state index in [1.165, 1.54) is 0 Å². The molecular formula is C11H9BrF5NO. The molecular weight excluding hydrogens is 337 g/mol. The highest BCUT2D eigenvalue weighted by Crippen LogP contribution is 2.16. The van der Waals surface area contributed by atoms with E-state index in [0.717, 1.165) is 4.90 Å². The molecule has 0 aliphatic rings. The molecule has 0 bridgehead atoms. The van der Waals surface area contributed by atoms with Gasteiger partial charge in [0.05, 0.1) is 6.54 Å². The van der Waals surface area contributed by atoms with Gasteiger partial charge in [0.1, 0.15) is 0 Å². The third-order valence-corrected chi connectivity index (χ3v) is 2.59. The van der Waals surface area contributed by atoms with Gasteiger partial charge in [-0.25, -0.2) is 22.0 Å². The molecule has 0 N–H and O–H groups in total. The zero-order valence-corrected chi connectivity index (χ0v) is 11.1. The summed E-state index contributed by atoms with van der Waals surface area (Å²) in [4.78, 5) is 12.5. The van der Waals surface area contributed by atoms with E-state index in [4.69, 9.17) is 0 Å². The molecule has 2 nitrogen and oxygen atoms in total. The normalized spacial score (nSPS) is 10.9. The molecule has 1 amide bonds. The molecule has 0 aromatic heterocycles. The minimum Gasteiger partial charge on any atom is -0.332 e. The number of carbonyl (C=O) groups is 1. The number of halogens is 6. The summed E-state index contributed by atoms with van der Waals surface area (Å²) in [6.45, 7) is -0.936. The molecule has 0 fully saturated rings. The number of benzene rings is 1. The van der Waals surface area contributed by atoms with E-state index in [-0.39, 0.29) is 11.9 Å². The van der Waals surface area contributed by atoms with Gasteiger partial charge >= 0.3 is 0 Å². The molecule has 1 aromatic carbocycles. The van der Waals surface area contributed by atoms with E-state index in [1.54, 1.807) is 0 Å². The van der Waals surface area contributed by atoms with Crippen LogP contribution in [0.15, 0.2) is 12.1 Å². The molecule has 0 heterocycles. The van der Waals surface area contributed by atoms with Gasteiger partial charge in [-0.2, -0.15) is 0 Å². The second kappa shape index (κ2) is 6.83. The Morgan fingerprint density at radius 3 is 2.16 bits per heavy atom. The van der Waals surface area contributed by atoms with Crippen molar-refractivity contribution >= 4 is 21.8 Å². The van der Waals surface area contributed by atoms with Gasteiger partial charge in [-0.1, -0.05) is 15.9 Å². The first-order valence-electron chi connectivity index (χ1n) is 5.14. The molecule has 1 aromatic rings. The van der Waals surface area contributed by atoms with Crippen LogP contribution in [-0.4, -0.2) is 35.7 Å². The fourth-order valence-corrected chi connectivity index (χ4v) is 1.83. The predicted octanol–water partition coefficient (Wildman–Crippen LogP) is 3.21. The van der Waals surface area contributed by atoms with Crippen molar-refractivity contribution in [2.24, 2.45) is 0 Å². The average molecular weight is 346 g/mol. The SMILES string of the molecule is O=C(c1cc(F)c(F)c(F)c1)N(CCBr)CC(F)F. The summed E-state index contributed by atoms with van der Waals surface area (Å²) in [6, 6.07) is 0.959. The second-order valence-corrected chi connectivity index (χ2v) is 4.38. The van der Waals surface area contributed by atoms with Gasteiger partial charge in [0, 0.05) is 17.4 Å². The molecule has 0 saturated carbocycles. The van der Waals surface area contributed by atoms with Gasteiger partial charge < -0.3 is 4.90 Å². The lowest BCUT2D eigenvalue weighted by atomic mass is 10.1. The fraction of sp³-hybridized carbons (Fsp3) is 0.364. The molecule has 0 saturated heterocycles. The van der Waals surface area contributed by atoms with E-state index in [2.05, 4.69) is 15.9 Å². The van der Waals surface area contributed by atoms with Crippen LogP contribution in [0.2, 0.25) is 0 Å². The summed E-state index contributed by atoms with van der Waals surface area (Å²) in [5.41, 5.74) is -0.516. The van der Waals surface area contributed by atoms with Crippen molar-refractivity contribution in [1.82, 2.24) is 4.90 Å². The molecule has 8 heteroatoms. The number of amides is 1. The number of nitrogens with zero attached hydrogens (tertiary/aromatic N) is 1. The molecule has 19 heavy (non-hydrogen) atoms. The van der Waals surface area contributed by atoms with E-state index < -0.39 is 41.9 Å². The van der Waals surface area contributed by atoms with Gasteiger partial charge in [0.15, 0.2) is 17.5 Å². The minimum atomic E-state index is -2.78. The van der Waals surface area contributed by atoms with Crippen LogP contribution in [0.3, 0.4) is 0 Å². The highest BCUT2D eigenvalue weighted by molar-refractivity contribution is 9.09. The van der Waals surface area contributed by atoms with Crippen molar-refractivity contribution in [3.8, 4) is 0 Å². The van der Waals surface area contributed by atoms with Crippen LogP contribution >= 0.6 is 15.9 Å². The fourth-order valence-electron chi connectivity index (χ4n) is 1.41. The monoisotopic (exact) mass is 345 g/mol. The maximum atomic E-state index is 13.0. The van der Waals surface area contributed by atoms with Crippen molar-refractivity contribution in [1.29, 1.82) is 0 Å². The number of hydrogen-bond donors (Lipinski definition) is 0. The van der Waals surface area contributed by atoms with Gasteiger partial charge in [0.25, 0.3) is 12.3 Å². The smallest absolute Gasteiger partial charge is 0.255 e. The van der Waals surface area contributed by atoms with Crippen molar-refractivity contribution in [2.75, 3.05) is 18.4 Å². The van der Waals surface area contributed by atoms with Crippen LogP contribution in [0.5, 0.6) is 0 Å². The van der Waals surface area contributed by atoms with E-state index in [0.29, 0.717) is 12.1 Å². The summed E-state index contributed by atoms with van der Waals surface area (Å²) < 4.78 is 63.2. The number of hydrogen-bond acceptors (Lipinski definition) is 1. The lowest BCUT2D eigenvalue weighted by Crippen LogP contribution is -2.36. The van der Waals surface area contributed by atoms with Gasteiger partial charge in [-0.3, -0.25) is 4.79 Å². The zero-order chi connectivity index (χ0) is 14.6. The Morgan fingerprint density at radius 2 is 1.74 bits per heavy atom. The van der Waals surface area contributed by atoms with Crippen LogP contribution in [0.4, 0.5) is 22.0 Å². The summed E-state index contributed by atoms with van der Waals surface area (Å²) in [5.74, 6) is -5.78. The number of carbonyl (C=O) groups excluding carboxylic acids is 1. The molecule has 0 atom stereocenters. The molecule has 0 aliphatic carbocycles. The minimum absolute atomic E-state index is 0.0657. The van der Waals surface area contributed by atoms with Crippen molar-refractivity contribution in [2.45, 2.75) is 6.43 Å². The Labute approximate surface area is 114 Å². The Balaban J connectivity index is 3.02. The van der Waals surface area contributed by atoms with Crippen LogP contribution in [0.25, 0.3) is 0 Å². The quantitative estimate of drug-likeness (QED) is 0.456. The first-order valence-corrected chi connectivity index (χ1v) is 6.27. The second-order valence-electron chi connectivity index (χ2n) is 3.59. The average Bonchev–Trinajstić information content (AvgIpc) is 2.33. The Kier molecular flexibility index (Phi) is 5.71. The van der Waals surface area contributed by atoms with Crippen LogP contribution < -0.4 is 0 Å². The summed E-state index contributed by atoms with van der Waals surface area (Å²) in [7, 11) is 0. The molecule has 0 radical (unpaired) electrons. The molecule has 0 unspecified atom stereocenters. The van der Waals surface area contributed by atoms with Gasteiger partial charge in [-0.05, 0) is 12.1 Å². The van der Waals surface area contributed by atoms with Crippen LogP contribution in [-0.2, 0) is 0 Å². The van der Waals surface area contributed by atoms with Crippen LogP contribution in [0, 0.1) is 17.5 Å². The predicted molar refractivity (Wildman–Crippen MR) is 62.0 cm³/mol. The maximum Gasteiger partial charge on any atom is 0.255 e. The van der Waals surface area contributed by atoms with E-state index in [1.807, 2.05) is 0 Å². The Morgan fingerprint density at radius 1 is 1.21 bits per heavy atom. The lowest BCUT2D eigenvalue weighted by Gasteiger charge is -2.21. The zero-order valence-electron chi connectivity index (χ0n) is 9.48. The summed E-state index contributed by atoms with van der Waals surface area (Å²) in [6.07, 6.45) is -2.78. The Bertz CT molecular complexity index is 445. The first kappa shape index (κ1) is 15.9. The van der Waals surface area contributed by atoms with Crippen molar-refractivity contribution in [3.05, 3.63) is 35.1 Å². The lowest BCUT2D eigenvalue weighted by molar-refractivity contribution is 0.0571.